The molecule has 0 aliphatic carbocycles. The Bertz CT molecular complexity index is 734. The third-order valence-electron chi connectivity index (χ3n) is 3.59. The van der Waals surface area contributed by atoms with Gasteiger partial charge in [-0.25, -0.2) is 0 Å². The van der Waals surface area contributed by atoms with Gasteiger partial charge in [-0.05, 0) is 44.5 Å². The maximum atomic E-state index is 12.4. The quantitative estimate of drug-likeness (QED) is 0.535. The minimum atomic E-state index is -0.377. The van der Waals surface area contributed by atoms with E-state index in [-0.39, 0.29) is 17.5 Å². The molecule has 138 valence electrons. The smallest absolute Gasteiger partial charge is 0.267 e. The largest absolute Gasteiger partial charge is 0.465 e. The standard InChI is InChI=1S/C20H24N2O4/c1-3-25-12-5-11-21-20(24)18(14-17-6-4-13-26-17)22-19(23)16-9-7-15(2)8-10-16/h4,6-10,13-14H,3,5,11-12H2,1-2H3,(H,21,24)(H,22,23)/b18-14-. The Labute approximate surface area is 153 Å². The molecule has 0 radical (unpaired) electrons. The van der Waals surface area contributed by atoms with Gasteiger partial charge in [0, 0.05) is 31.4 Å². The van der Waals surface area contributed by atoms with Crippen molar-refractivity contribution in [1.29, 1.82) is 0 Å². The molecule has 0 unspecified atom stereocenters. The number of ether oxygens (including phenoxy) is 1. The molecule has 0 aliphatic rings. The van der Waals surface area contributed by atoms with Crippen molar-refractivity contribution in [2.75, 3.05) is 19.8 Å². The highest BCUT2D eigenvalue weighted by molar-refractivity contribution is 6.05. The van der Waals surface area contributed by atoms with Crippen LogP contribution in [0.2, 0.25) is 0 Å². The number of nitrogens with one attached hydrogen (secondary N) is 2. The van der Waals surface area contributed by atoms with Gasteiger partial charge in [-0.2, -0.15) is 0 Å². The number of carbonyl (C=O) groups is 2. The van der Waals surface area contributed by atoms with Crippen LogP contribution in [0.5, 0.6) is 0 Å². The molecule has 6 nitrogen and oxygen atoms in total. The summed E-state index contributed by atoms with van der Waals surface area (Å²) >= 11 is 0. The van der Waals surface area contributed by atoms with Gasteiger partial charge in [0.1, 0.15) is 11.5 Å². The Morgan fingerprint density at radius 3 is 2.62 bits per heavy atom. The van der Waals surface area contributed by atoms with E-state index >= 15 is 0 Å². The molecular weight excluding hydrogens is 332 g/mol. The molecule has 0 fully saturated rings. The van der Waals surface area contributed by atoms with E-state index in [1.807, 2.05) is 26.0 Å². The van der Waals surface area contributed by atoms with Gasteiger partial charge in [0.25, 0.3) is 11.8 Å². The van der Waals surface area contributed by atoms with Crippen LogP contribution in [0, 0.1) is 6.92 Å². The average Bonchev–Trinajstić information content (AvgIpc) is 3.14. The van der Waals surface area contributed by atoms with Gasteiger partial charge in [-0.1, -0.05) is 17.7 Å². The zero-order valence-electron chi connectivity index (χ0n) is 15.1. The first-order chi connectivity index (χ1) is 12.6. The van der Waals surface area contributed by atoms with Gasteiger partial charge in [0.05, 0.1) is 6.26 Å². The first-order valence-corrected chi connectivity index (χ1v) is 8.59. The first-order valence-electron chi connectivity index (χ1n) is 8.59. The fraction of sp³-hybridized carbons (Fsp3) is 0.300. The zero-order chi connectivity index (χ0) is 18.8. The average molecular weight is 356 g/mol. The molecule has 2 N–H and O–H groups in total. The molecule has 1 heterocycles. The van der Waals surface area contributed by atoms with Crippen LogP contribution in [0.15, 0.2) is 52.8 Å². The summed E-state index contributed by atoms with van der Waals surface area (Å²) < 4.78 is 10.5. The van der Waals surface area contributed by atoms with Gasteiger partial charge in [-0.3, -0.25) is 9.59 Å². The van der Waals surface area contributed by atoms with Crippen LogP contribution in [-0.4, -0.2) is 31.6 Å². The summed E-state index contributed by atoms with van der Waals surface area (Å²) in [5.41, 5.74) is 1.66. The SMILES string of the molecule is CCOCCCNC(=O)/C(=C/c1ccco1)NC(=O)c1ccc(C)cc1. The summed E-state index contributed by atoms with van der Waals surface area (Å²) in [7, 11) is 0. The Kier molecular flexibility index (Phi) is 7.64. The lowest BCUT2D eigenvalue weighted by molar-refractivity contribution is -0.117. The van der Waals surface area contributed by atoms with Crippen molar-refractivity contribution in [3.8, 4) is 0 Å². The zero-order valence-corrected chi connectivity index (χ0v) is 15.1. The fourth-order valence-corrected chi connectivity index (χ4v) is 2.19. The second-order valence-corrected chi connectivity index (χ2v) is 5.70. The van der Waals surface area contributed by atoms with Crippen LogP contribution in [0.3, 0.4) is 0 Å². The monoisotopic (exact) mass is 356 g/mol. The number of rotatable bonds is 9. The molecule has 1 aromatic heterocycles. The van der Waals surface area contributed by atoms with E-state index in [9.17, 15) is 9.59 Å². The number of furan rings is 1. The molecule has 1 aromatic carbocycles. The predicted octanol–water partition coefficient (Wildman–Crippen LogP) is 2.90. The number of benzene rings is 1. The lowest BCUT2D eigenvalue weighted by atomic mass is 10.1. The van der Waals surface area contributed by atoms with E-state index in [2.05, 4.69) is 10.6 Å². The minimum Gasteiger partial charge on any atom is -0.465 e. The number of carbonyl (C=O) groups excluding carboxylic acids is 2. The molecule has 0 aliphatic heterocycles. The lowest BCUT2D eigenvalue weighted by Crippen LogP contribution is -2.35. The van der Waals surface area contributed by atoms with E-state index in [0.29, 0.717) is 37.5 Å². The fourth-order valence-electron chi connectivity index (χ4n) is 2.19. The van der Waals surface area contributed by atoms with E-state index in [0.717, 1.165) is 5.56 Å². The van der Waals surface area contributed by atoms with E-state index in [4.69, 9.17) is 9.15 Å². The van der Waals surface area contributed by atoms with Crippen molar-refractivity contribution >= 4 is 17.9 Å². The van der Waals surface area contributed by atoms with E-state index < -0.39 is 0 Å². The van der Waals surface area contributed by atoms with Gasteiger partial charge in [0.15, 0.2) is 0 Å². The highest BCUT2D eigenvalue weighted by atomic mass is 16.5. The molecule has 0 atom stereocenters. The summed E-state index contributed by atoms with van der Waals surface area (Å²) in [5, 5.41) is 5.44. The molecule has 6 heteroatoms. The van der Waals surface area contributed by atoms with E-state index in [1.54, 1.807) is 24.3 Å². The second kappa shape index (κ2) is 10.2. The maximum Gasteiger partial charge on any atom is 0.267 e. The van der Waals surface area contributed by atoms with Crippen molar-refractivity contribution in [3.63, 3.8) is 0 Å². The van der Waals surface area contributed by atoms with Crippen molar-refractivity contribution in [3.05, 3.63) is 65.2 Å². The maximum absolute atomic E-state index is 12.4. The Morgan fingerprint density at radius 1 is 1.19 bits per heavy atom. The Hall–Kier alpha value is -2.86. The summed E-state index contributed by atoms with van der Waals surface area (Å²) in [6, 6.07) is 10.5. The number of hydrogen-bond donors (Lipinski definition) is 2. The van der Waals surface area contributed by atoms with Crippen LogP contribution < -0.4 is 10.6 Å². The van der Waals surface area contributed by atoms with Crippen LogP contribution in [0.25, 0.3) is 6.08 Å². The summed E-state index contributed by atoms with van der Waals surface area (Å²) in [6.07, 6.45) is 3.70. The molecule has 0 spiro atoms. The Morgan fingerprint density at radius 2 is 1.96 bits per heavy atom. The third-order valence-corrected chi connectivity index (χ3v) is 3.59. The van der Waals surface area contributed by atoms with Crippen molar-refractivity contribution < 1.29 is 18.7 Å². The van der Waals surface area contributed by atoms with Crippen molar-refractivity contribution in [1.82, 2.24) is 10.6 Å². The number of amides is 2. The van der Waals surface area contributed by atoms with Crippen LogP contribution in [0.1, 0.15) is 35.0 Å². The molecular formula is C20H24N2O4. The van der Waals surface area contributed by atoms with Crippen LogP contribution in [0.4, 0.5) is 0 Å². The molecule has 0 saturated carbocycles. The molecule has 2 aromatic rings. The molecule has 0 bridgehead atoms. The van der Waals surface area contributed by atoms with E-state index in [1.165, 1.54) is 12.3 Å². The number of hydrogen-bond acceptors (Lipinski definition) is 4. The summed E-state index contributed by atoms with van der Waals surface area (Å²) in [5.74, 6) is -0.251. The van der Waals surface area contributed by atoms with Crippen molar-refractivity contribution in [2.24, 2.45) is 0 Å². The highest BCUT2D eigenvalue weighted by Crippen LogP contribution is 2.08. The summed E-state index contributed by atoms with van der Waals surface area (Å²) in [6.45, 7) is 5.53. The Balaban J connectivity index is 2.05. The summed E-state index contributed by atoms with van der Waals surface area (Å²) in [4.78, 5) is 24.9. The molecule has 0 saturated heterocycles. The molecule has 2 rings (SSSR count). The highest BCUT2D eigenvalue weighted by Gasteiger charge is 2.15. The normalized spacial score (nSPS) is 11.2. The molecule has 2 amide bonds. The van der Waals surface area contributed by atoms with Gasteiger partial charge < -0.3 is 19.8 Å². The molecule has 26 heavy (non-hydrogen) atoms. The van der Waals surface area contributed by atoms with Gasteiger partial charge >= 0.3 is 0 Å². The van der Waals surface area contributed by atoms with Gasteiger partial charge in [-0.15, -0.1) is 0 Å². The first kappa shape index (κ1) is 19.5. The number of aryl methyl sites for hydroxylation is 1. The topological polar surface area (TPSA) is 80.6 Å². The third kappa shape index (κ3) is 6.22. The van der Waals surface area contributed by atoms with Crippen LogP contribution in [-0.2, 0) is 9.53 Å². The predicted molar refractivity (Wildman–Crippen MR) is 99.4 cm³/mol. The lowest BCUT2D eigenvalue weighted by Gasteiger charge is -2.11. The van der Waals surface area contributed by atoms with Gasteiger partial charge in [0.2, 0.25) is 0 Å². The second-order valence-electron chi connectivity index (χ2n) is 5.70. The van der Waals surface area contributed by atoms with Crippen molar-refractivity contribution in [2.45, 2.75) is 20.3 Å². The van der Waals surface area contributed by atoms with Crippen LogP contribution >= 0.6 is 0 Å². The minimum absolute atomic E-state index is 0.127.